The summed E-state index contributed by atoms with van der Waals surface area (Å²) in [5.41, 5.74) is 6.85. The van der Waals surface area contributed by atoms with Crippen LogP contribution in [0.25, 0.3) is 0 Å². The standard InChI is InChI=1S/C14H22N2O/c1-16-10-14(11-16)17-13-7-4-6-12(9-13)5-2-3-8-15/h4,6-7,9,14H,2-3,5,8,10-11,15H2,1H3. The minimum absolute atomic E-state index is 0.374. The van der Waals surface area contributed by atoms with Crippen LogP contribution >= 0.6 is 0 Å². The molecule has 17 heavy (non-hydrogen) atoms. The number of aryl methyl sites for hydroxylation is 1. The van der Waals surface area contributed by atoms with Crippen molar-refractivity contribution in [3.05, 3.63) is 29.8 Å². The van der Waals surface area contributed by atoms with Crippen molar-refractivity contribution >= 4 is 0 Å². The molecule has 1 aliphatic rings. The summed E-state index contributed by atoms with van der Waals surface area (Å²) in [7, 11) is 2.11. The van der Waals surface area contributed by atoms with Gasteiger partial charge in [0, 0.05) is 13.1 Å². The molecule has 1 aromatic rings. The highest BCUT2D eigenvalue weighted by Crippen LogP contribution is 2.19. The van der Waals surface area contributed by atoms with Crippen molar-refractivity contribution in [2.24, 2.45) is 5.73 Å². The Labute approximate surface area is 104 Å². The van der Waals surface area contributed by atoms with Gasteiger partial charge in [-0.15, -0.1) is 0 Å². The number of ether oxygens (including phenoxy) is 1. The van der Waals surface area contributed by atoms with Gasteiger partial charge in [-0.25, -0.2) is 0 Å². The minimum atomic E-state index is 0.374. The van der Waals surface area contributed by atoms with E-state index in [2.05, 4.69) is 30.1 Å². The van der Waals surface area contributed by atoms with Crippen LogP contribution in [0.2, 0.25) is 0 Å². The van der Waals surface area contributed by atoms with Crippen LogP contribution in [0.5, 0.6) is 5.75 Å². The molecular weight excluding hydrogens is 212 g/mol. The van der Waals surface area contributed by atoms with E-state index in [1.165, 1.54) is 5.56 Å². The maximum atomic E-state index is 5.90. The molecule has 1 fully saturated rings. The molecule has 0 bridgehead atoms. The summed E-state index contributed by atoms with van der Waals surface area (Å²) < 4.78 is 5.90. The van der Waals surface area contributed by atoms with Crippen LogP contribution in [-0.2, 0) is 6.42 Å². The van der Waals surface area contributed by atoms with Crippen LogP contribution in [0.3, 0.4) is 0 Å². The van der Waals surface area contributed by atoms with Gasteiger partial charge in [-0.05, 0) is 50.6 Å². The second-order valence-corrected chi connectivity index (χ2v) is 4.85. The number of rotatable bonds is 6. The van der Waals surface area contributed by atoms with Crippen molar-refractivity contribution in [2.75, 3.05) is 26.7 Å². The number of nitrogens with two attached hydrogens (primary N) is 1. The summed E-state index contributed by atoms with van der Waals surface area (Å²) >= 11 is 0. The number of likely N-dealkylation sites (N-methyl/N-ethyl adjacent to an activating group) is 1. The van der Waals surface area contributed by atoms with E-state index in [1.807, 2.05) is 6.07 Å². The molecule has 2 rings (SSSR count). The lowest BCUT2D eigenvalue weighted by atomic mass is 10.1. The molecule has 0 unspecified atom stereocenters. The number of hydrogen-bond donors (Lipinski definition) is 1. The molecule has 3 nitrogen and oxygen atoms in total. The second kappa shape index (κ2) is 6.03. The number of nitrogens with zero attached hydrogens (tertiary/aromatic N) is 1. The molecule has 0 atom stereocenters. The zero-order valence-corrected chi connectivity index (χ0v) is 10.6. The number of hydrogen-bond acceptors (Lipinski definition) is 3. The van der Waals surface area contributed by atoms with Crippen LogP contribution in [0, 0.1) is 0 Å². The molecule has 0 aromatic heterocycles. The molecule has 0 aliphatic carbocycles. The van der Waals surface area contributed by atoms with Gasteiger partial charge in [0.25, 0.3) is 0 Å². The van der Waals surface area contributed by atoms with Gasteiger partial charge in [-0.2, -0.15) is 0 Å². The quantitative estimate of drug-likeness (QED) is 0.761. The smallest absolute Gasteiger partial charge is 0.124 e. The zero-order valence-electron chi connectivity index (χ0n) is 10.6. The molecule has 1 aliphatic heterocycles. The topological polar surface area (TPSA) is 38.5 Å². The van der Waals surface area contributed by atoms with Gasteiger partial charge in [-0.3, -0.25) is 4.90 Å². The van der Waals surface area contributed by atoms with E-state index >= 15 is 0 Å². The van der Waals surface area contributed by atoms with E-state index in [-0.39, 0.29) is 0 Å². The van der Waals surface area contributed by atoms with Crippen LogP contribution in [0.4, 0.5) is 0 Å². The maximum Gasteiger partial charge on any atom is 0.124 e. The van der Waals surface area contributed by atoms with Crippen molar-refractivity contribution in [1.29, 1.82) is 0 Å². The Balaban J connectivity index is 1.83. The molecule has 1 heterocycles. The third-order valence-electron chi connectivity index (χ3n) is 3.15. The first-order valence-corrected chi connectivity index (χ1v) is 6.42. The largest absolute Gasteiger partial charge is 0.488 e. The lowest BCUT2D eigenvalue weighted by Gasteiger charge is -2.36. The number of unbranched alkanes of at least 4 members (excludes halogenated alkanes) is 1. The highest BCUT2D eigenvalue weighted by atomic mass is 16.5. The molecule has 0 amide bonds. The van der Waals surface area contributed by atoms with E-state index < -0.39 is 0 Å². The predicted molar refractivity (Wildman–Crippen MR) is 70.3 cm³/mol. The van der Waals surface area contributed by atoms with Crippen LogP contribution in [0.15, 0.2) is 24.3 Å². The summed E-state index contributed by atoms with van der Waals surface area (Å²) in [6, 6.07) is 8.45. The third-order valence-corrected chi connectivity index (χ3v) is 3.15. The Morgan fingerprint density at radius 3 is 2.88 bits per heavy atom. The maximum absolute atomic E-state index is 5.90. The average Bonchev–Trinajstić information content (AvgIpc) is 2.28. The van der Waals surface area contributed by atoms with E-state index in [4.69, 9.17) is 10.5 Å². The SMILES string of the molecule is CN1CC(Oc2cccc(CCCCN)c2)C1. The molecule has 1 aromatic carbocycles. The normalized spacial score (nSPS) is 16.8. The monoisotopic (exact) mass is 234 g/mol. The van der Waals surface area contributed by atoms with Gasteiger partial charge in [-0.1, -0.05) is 12.1 Å². The number of benzene rings is 1. The fourth-order valence-electron chi connectivity index (χ4n) is 2.16. The van der Waals surface area contributed by atoms with Crippen molar-refractivity contribution in [3.63, 3.8) is 0 Å². The predicted octanol–water partition coefficient (Wildman–Crippen LogP) is 1.66. The van der Waals surface area contributed by atoms with Gasteiger partial charge in [0.2, 0.25) is 0 Å². The lowest BCUT2D eigenvalue weighted by Crippen LogP contribution is -2.51. The summed E-state index contributed by atoms with van der Waals surface area (Å²) in [6.07, 6.45) is 3.73. The van der Waals surface area contributed by atoms with E-state index in [0.717, 1.165) is 44.6 Å². The fraction of sp³-hybridized carbons (Fsp3) is 0.571. The minimum Gasteiger partial charge on any atom is -0.488 e. The first kappa shape index (κ1) is 12.4. The molecule has 3 heteroatoms. The molecule has 94 valence electrons. The van der Waals surface area contributed by atoms with Crippen molar-refractivity contribution in [2.45, 2.75) is 25.4 Å². The highest BCUT2D eigenvalue weighted by molar-refractivity contribution is 5.29. The fourth-order valence-corrected chi connectivity index (χ4v) is 2.16. The first-order chi connectivity index (χ1) is 8.28. The second-order valence-electron chi connectivity index (χ2n) is 4.85. The Morgan fingerprint density at radius 1 is 1.35 bits per heavy atom. The first-order valence-electron chi connectivity index (χ1n) is 6.42. The number of likely N-dealkylation sites (tertiary alicyclic amines) is 1. The highest BCUT2D eigenvalue weighted by Gasteiger charge is 2.24. The van der Waals surface area contributed by atoms with Crippen LogP contribution in [0.1, 0.15) is 18.4 Å². The van der Waals surface area contributed by atoms with E-state index in [9.17, 15) is 0 Å². The van der Waals surface area contributed by atoms with Gasteiger partial charge in [0.1, 0.15) is 11.9 Å². The van der Waals surface area contributed by atoms with E-state index in [1.54, 1.807) is 0 Å². The van der Waals surface area contributed by atoms with Gasteiger partial charge < -0.3 is 10.5 Å². The molecule has 0 saturated carbocycles. The third kappa shape index (κ3) is 3.72. The summed E-state index contributed by atoms with van der Waals surface area (Å²) in [4.78, 5) is 2.26. The van der Waals surface area contributed by atoms with Crippen LogP contribution < -0.4 is 10.5 Å². The van der Waals surface area contributed by atoms with Crippen LogP contribution in [-0.4, -0.2) is 37.7 Å². The van der Waals surface area contributed by atoms with Crippen molar-refractivity contribution in [1.82, 2.24) is 4.90 Å². The molecule has 2 N–H and O–H groups in total. The Hall–Kier alpha value is -1.06. The van der Waals surface area contributed by atoms with Gasteiger partial charge >= 0.3 is 0 Å². The zero-order chi connectivity index (χ0) is 12.1. The van der Waals surface area contributed by atoms with E-state index in [0.29, 0.717) is 6.10 Å². The Kier molecular flexibility index (Phi) is 4.40. The Morgan fingerprint density at radius 2 is 2.18 bits per heavy atom. The summed E-state index contributed by atoms with van der Waals surface area (Å²) in [5, 5.41) is 0. The average molecular weight is 234 g/mol. The van der Waals surface area contributed by atoms with Crippen molar-refractivity contribution < 1.29 is 4.74 Å². The lowest BCUT2D eigenvalue weighted by molar-refractivity contribution is 0.0388. The molecule has 0 radical (unpaired) electrons. The molecule has 0 spiro atoms. The van der Waals surface area contributed by atoms with Gasteiger partial charge in [0.15, 0.2) is 0 Å². The Bertz CT molecular complexity index is 348. The molecular formula is C14H22N2O. The van der Waals surface area contributed by atoms with Crippen molar-refractivity contribution in [3.8, 4) is 5.75 Å². The molecule has 1 saturated heterocycles. The van der Waals surface area contributed by atoms with Gasteiger partial charge in [0.05, 0.1) is 0 Å². The summed E-state index contributed by atoms with van der Waals surface area (Å²) in [5.74, 6) is 1.01. The summed E-state index contributed by atoms with van der Waals surface area (Å²) in [6.45, 7) is 2.86.